The smallest absolute Gasteiger partial charge is 0.253 e. The van der Waals surface area contributed by atoms with E-state index in [-0.39, 0.29) is 23.5 Å². The van der Waals surface area contributed by atoms with Crippen molar-refractivity contribution in [2.24, 2.45) is 5.92 Å². The number of amides is 2. The number of nitrogens with one attached hydrogen (secondary N) is 2. The molecule has 0 bridgehead atoms. The van der Waals surface area contributed by atoms with Crippen LogP contribution in [0.1, 0.15) is 34.3 Å². The number of nitrogens with zero attached hydrogens (tertiary/aromatic N) is 1. The summed E-state index contributed by atoms with van der Waals surface area (Å²) in [6, 6.07) is 12.4. The SMILES string of the molecule is CNS(=O)(=O)Cc1ccc(CNC(=O)C2CCCN(C(=O)c3ccc(F)cc3)C2)cc1. The van der Waals surface area contributed by atoms with E-state index in [9.17, 15) is 22.4 Å². The average molecular weight is 448 g/mol. The van der Waals surface area contributed by atoms with E-state index in [4.69, 9.17) is 0 Å². The van der Waals surface area contributed by atoms with Crippen LogP contribution in [0.2, 0.25) is 0 Å². The number of carbonyl (C=O) groups excluding carboxylic acids is 2. The molecule has 2 aromatic rings. The number of piperidine rings is 1. The summed E-state index contributed by atoms with van der Waals surface area (Å²) in [5, 5.41) is 2.90. The molecule has 1 atom stereocenters. The molecule has 31 heavy (non-hydrogen) atoms. The standard InChI is InChI=1S/C22H26FN3O4S/c1-24-31(29,30)15-17-6-4-16(5-7-17)13-25-21(27)19-3-2-12-26(14-19)22(28)18-8-10-20(23)11-9-18/h4-11,19,24H,2-3,12-15H2,1H3,(H,25,27). The van der Waals surface area contributed by atoms with Crippen molar-refractivity contribution in [2.75, 3.05) is 20.1 Å². The molecule has 0 aromatic heterocycles. The van der Waals surface area contributed by atoms with Crippen LogP contribution < -0.4 is 10.0 Å². The molecule has 1 heterocycles. The van der Waals surface area contributed by atoms with Crippen LogP contribution in [0.3, 0.4) is 0 Å². The maximum absolute atomic E-state index is 13.1. The molecule has 1 aliphatic heterocycles. The summed E-state index contributed by atoms with van der Waals surface area (Å²) in [5.74, 6) is -1.14. The number of likely N-dealkylation sites (tertiary alicyclic amines) is 1. The van der Waals surface area contributed by atoms with Crippen molar-refractivity contribution < 1.29 is 22.4 Å². The van der Waals surface area contributed by atoms with Gasteiger partial charge in [-0.3, -0.25) is 9.59 Å². The molecule has 2 N–H and O–H groups in total. The van der Waals surface area contributed by atoms with Crippen molar-refractivity contribution in [1.82, 2.24) is 14.9 Å². The molecule has 0 radical (unpaired) electrons. The fourth-order valence-corrected chi connectivity index (χ4v) is 4.30. The number of hydrogen-bond acceptors (Lipinski definition) is 4. The third kappa shape index (κ3) is 6.35. The maximum Gasteiger partial charge on any atom is 0.253 e. The van der Waals surface area contributed by atoms with E-state index in [1.807, 2.05) is 0 Å². The summed E-state index contributed by atoms with van der Waals surface area (Å²) in [5.41, 5.74) is 1.92. The minimum absolute atomic E-state index is 0.101. The first-order chi connectivity index (χ1) is 14.8. The third-order valence-electron chi connectivity index (χ3n) is 5.33. The van der Waals surface area contributed by atoms with Crippen LogP contribution >= 0.6 is 0 Å². The lowest BCUT2D eigenvalue weighted by molar-refractivity contribution is -0.126. The second kappa shape index (κ2) is 10.0. The van der Waals surface area contributed by atoms with Crippen molar-refractivity contribution >= 4 is 21.8 Å². The molecule has 166 valence electrons. The molecule has 1 unspecified atom stereocenters. The Kier molecular flexibility index (Phi) is 7.40. The first-order valence-corrected chi connectivity index (χ1v) is 11.7. The van der Waals surface area contributed by atoms with Crippen LogP contribution in [0.5, 0.6) is 0 Å². The summed E-state index contributed by atoms with van der Waals surface area (Å²) < 4.78 is 38.6. The largest absolute Gasteiger partial charge is 0.352 e. The summed E-state index contributed by atoms with van der Waals surface area (Å²) in [6.45, 7) is 1.21. The van der Waals surface area contributed by atoms with Gasteiger partial charge in [0.25, 0.3) is 5.91 Å². The van der Waals surface area contributed by atoms with Gasteiger partial charge in [-0.1, -0.05) is 24.3 Å². The van der Waals surface area contributed by atoms with Crippen LogP contribution in [0.25, 0.3) is 0 Å². The second-order valence-electron chi connectivity index (χ2n) is 7.59. The summed E-state index contributed by atoms with van der Waals surface area (Å²) in [6.07, 6.45) is 1.42. The minimum Gasteiger partial charge on any atom is -0.352 e. The predicted molar refractivity (Wildman–Crippen MR) is 115 cm³/mol. The van der Waals surface area contributed by atoms with Crippen molar-refractivity contribution in [3.63, 3.8) is 0 Å². The van der Waals surface area contributed by atoms with Gasteiger partial charge in [-0.05, 0) is 55.3 Å². The second-order valence-corrected chi connectivity index (χ2v) is 9.52. The molecule has 1 saturated heterocycles. The molecule has 9 heteroatoms. The monoisotopic (exact) mass is 447 g/mol. The van der Waals surface area contributed by atoms with Crippen LogP contribution in [-0.2, 0) is 27.1 Å². The maximum atomic E-state index is 13.1. The summed E-state index contributed by atoms with van der Waals surface area (Å²) >= 11 is 0. The van der Waals surface area contributed by atoms with E-state index in [0.29, 0.717) is 37.2 Å². The Morgan fingerprint density at radius 2 is 1.71 bits per heavy atom. The van der Waals surface area contributed by atoms with Gasteiger partial charge in [0.05, 0.1) is 11.7 Å². The first kappa shape index (κ1) is 22.9. The van der Waals surface area contributed by atoms with Crippen molar-refractivity contribution in [2.45, 2.75) is 25.1 Å². The lowest BCUT2D eigenvalue weighted by Gasteiger charge is -2.32. The quantitative estimate of drug-likeness (QED) is 0.679. The molecule has 3 rings (SSSR count). The summed E-state index contributed by atoms with van der Waals surface area (Å²) in [7, 11) is -1.96. The summed E-state index contributed by atoms with van der Waals surface area (Å²) in [4.78, 5) is 26.9. The zero-order chi connectivity index (χ0) is 22.4. The molecule has 2 amide bonds. The Balaban J connectivity index is 1.53. The van der Waals surface area contributed by atoms with Gasteiger partial charge in [0.2, 0.25) is 15.9 Å². The minimum atomic E-state index is -3.33. The van der Waals surface area contributed by atoms with E-state index in [1.165, 1.54) is 31.3 Å². The highest BCUT2D eigenvalue weighted by Gasteiger charge is 2.28. The van der Waals surface area contributed by atoms with Gasteiger partial charge in [0, 0.05) is 25.2 Å². The topological polar surface area (TPSA) is 95.6 Å². The zero-order valence-corrected chi connectivity index (χ0v) is 18.1. The Morgan fingerprint density at radius 1 is 1.06 bits per heavy atom. The molecular weight excluding hydrogens is 421 g/mol. The Labute approximate surface area is 181 Å². The van der Waals surface area contributed by atoms with E-state index in [0.717, 1.165) is 12.0 Å². The van der Waals surface area contributed by atoms with Gasteiger partial charge in [0.15, 0.2) is 0 Å². The lowest BCUT2D eigenvalue weighted by Crippen LogP contribution is -2.45. The highest BCUT2D eigenvalue weighted by molar-refractivity contribution is 7.88. The number of halogens is 1. The first-order valence-electron chi connectivity index (χ1n) is 10.1. The number of sulfonamides is 1. The van der Waals surface area contributed by atoms with Crippen LogP contribution in [0, 0.1) is 11.7 Å². The number of rotatable bonds is 7. The zero-order valence-electron chi connectivity index (χ0n) is 17.3. The predicted octanol–water partition coefficient (Wildman–Crippen LogP) is 2.04. The van der Waals surface area contributed by atoms with Crippen LogP contribution in [0.15, 0.2) is 48.5 Å². The van der Waals surface area contributed by atoms with Gasteiger partial charge < -0.3 is 10.2 Å². The molecule has 1 fully saturated rings. The van der Waals surface area contributed by atoms with Crippen LogP contribution in [-0.4, -0.2) is 45.3 Å². The molecule has 7 nitrogen and oxygen atoms in total. The normalized spacial score (nSPS) is 16.7. The van der Waals surface area contributed by atoms with Crippen molar-refractivity contribution in [3.05, 3.63) is 71.0 Å². The van der Waals surface area contributed by atoms with Gasteiger partial charge in [0.1, 0.15) is 5.82 Å². The van der Waals surface area contributed by atoms with E-state index in [2.05, 4.69) is 10.0 Å². The Morgan fingerprint density at radius 3 is 2.35 bits per heavy atom. The van der Waals surface area contributed by atoms with Crippen molar-refractivity contribution in [1.29, 1.82) is 0 Å². The average Bonchev–Trinajstić information content (AvgIpc) is 2.78. The fraction of sp³-hybridized carbons (Fsp3) is 0.364. The van der Waals surface area contributed by atoms with E-state index < -0.39 is 15.8 Å². The number of hydrogen-bond donors (Lipinski definition) is 2. The highest BCUT2D eigenvalue weighted by Crippen LogP contribution is 2.19. The molecular formula is C22H26FN3O4S. The van der Waals surface area contributed by atoms with Gasteiger partial charge in [-0.2, -0.15) is 0 Å². The van der Waals surface area contributed by atoms with Gasteiger partial charge >= 0.3 is 0 Å². The lowest BCUT2D eigenvalue weighted by atomic mass is 9.96. The van der Waals surface area contributed by atoms with Crippen molar-refractivity contribution in [3.8, 4) is 0 Å². The van der Waals surface area contributed by atoms with Crippen LogP contribution in [0.4, 0.5) is 4.39 Å². The van der Waals surface area contributed by atoms with E-state index in [1.54, 1.807) is 29.2 Å². The van der Waals surface area contributed by atoms with Gasteiger partial charge in [-0.25, -0.2) is 17.5 Å². The molecule has 0 spiro atoms. The number of benzene rings is 2. The highest BCUT2D eigenvalue weighted by atomic mass is 32.2. The third-order valence-corrected chi connectivity index (χ3v) is 6.66. The van der Waals surface area contributed by atoms with Gasteiger partial charge in [-0.15, -0.1) is 0 Å². The molecule has 0 aliphatic carbocycles. The molecule has 0 saturated carbocycles. The Hall–Kier alpha value is -2.78. The fourth-order valence-electron chi connectivity index (χ4n) is 3.53. The molecule has 2 aromatic carbocycles. The number of carbonyl (C=O) groups is 2. The molecule has 1 aliphatic rings. The van der Waals surface area contributed by atoms with E-state index >= 15 is 0 Å². The Bertz CT molecular complexity index is 1020.